The van der Waals surface area contributed by atoms with Gasteiger partial charge in [0.2, 0.25) is 0 Å². The summed E-state index contributed by atoms with van der Waals surface area (Å²) >= 11 is 6.01. The van der Waals surface area contributed by atoms with Crippen LogP contribution in [0.15, 0.2) is 42.5 Å². The highest BCUT2D eigenvalue weighted by Crippen LogP contribution is 2.50. The van der Waals surface area contributed by atoms with Crippen molar-refractivity contribution in [1.82, 2.24) is 5.09 Å². The maximum atomic E-state index is 12.5. The summed E-state index contributed by atoms with van der Waals surface area (Å²) in [7, 11) is 0. The van der Waals surface area contributed by atoms with Gasteiger partial charge in [-0.3, -0.25) is 4.79 Å². The predicted molar refractivity (Wildman–Crippen MR) is 101 cm³/mol. The Labute approximate surface area is 152 Å². The van der Waals surface area contributed by atoms with E-state index in [1.54, 1.807) is 19.1 Å². The number of halogens is 1. The Balaban J connectivity index is 2.01. The fraction of sp³-hybridized carbons (Fsp3) is 0.389. The van der Waals surface area contributed by atoms with Crippen LogP contribution in [0.3, 0.4) is 0 Å². The van der Waals surface area contributed by atoms with Crippen LogP contribution in [0.25, 0.3) is 10.8 Å². The van der Waals surface area contributed by atoms with E-state index < -0.39 is 18.9 Å². The molecule has 0 saturated carbocycles. The second-order valence-corrected chi connectivity index (χ2v) is 8.98. The number of nitrogens with one attached hydrogen (secondary N) is 1. The minimum atomic E-state index is -3.76. The molecule has 7 heteroatoms. The lowest BCUT2D eigenvalue weighted by molar-refractivity contribution is -0.145. The molecule has 2 aromatic rings. The minimum Gasteiger partial charge on any atom is -0.465 e. The smallest absolute Gasteiger partial charge is 0.409 e. The van der Waals surface area contributed by atoms with Crippen molar-refractivity contribution in [3.63, 3.8) is 0 Å². The third kappa shape index (κ3) is 6.03. The van der Waals surface area contributed by atoms with Crippen LogP contribution in [0.5, 0.6) is 5.75 Å². The zero-order valence-electron chi connectivity index (χ0n) is 14.6. The number of hydrogen-bond donors (Lipinski definition) is 1. The number of carbonyl (C=O) groups excluding carboxylic acids is 1. The molecule has 2 aromatic carbocycles. The third-order valence-corrected chi connectivity index (χ3v) is 5.23. The van der Waals surface area contributed by atoms with Crippen LogP contribution in [0.2, 0.25) is 0 Å². The fourth-order valence-corrected chi connectivity index (χ4v) is 3.93. The highest BCUT2D eigenvalue weighted by molar-refractivity contribution is 7.84. The van der Waals surface area contributed by atoms with Gasteiger partial charge in [-0.25, -0.2) is 9.65 Å². The van der Waals surface area contributed by atoms with Crippen molar-refractivity contribution in [2.24, 2.45) is 5.92 Å². The molecule has 2 unspecified atom stereocenters. The molecule has 0 radical (unpaired) electrons. The lowest BCUT2D eigenvalue weighted by Gasteiger charge is -2.19. The largest absolute Gasteiger partial charge is 0.465 e. The summed E-state index contributed by atoms with van der Waals surface area (Å²) in [6, 6.07) is 12.1. The Kier molecular flexibility index (Phi) is 6.88. The monoisotopic (exact) mass is 383 g/mol. The van der Waals surface area contributed by atoms with E-state index in [2.05, 4.69) is 5.09 Å². The molecule has 0 fully saturated rings. The van der Waals surface area contributed by atoms with Crippen molar-refractivity contribution in [2.45, 2.75) is 33.2 Å². The molecular weight excluding hydrogens is 361 g/mol. The van der Waals surface area contributed by atoms with E-state index >= 15 is 0 Å². The number of rotatable bonds is 8. The first-order chi connectivity index (χ1) is 11.8. The molecule has 2 rings (SSSR count). The van der Waals surface area contributed by atoms with Crippen LogP contribution < -0.4 is 9.61 Å². The van der Waals surface area contributed by atoms with E-state index in [0.29, 0.717) is 18.3 Å². The molecule has 0 heterocycles. The summed E-state index contributed by atoms with van der Waals surface area (Å²) in [6.45, 7) is 2.19. The average Bonchev–Trinajstić information content (AvgIpc) is 2.54. The number of carbonyl (C=O) groups is 1. The first-order valence-corrected chi connectivity index (χ1v) is 10.7. The molecule has 0 spiro atoms. The van der Waals surface area contributed by atoms with Gasteiger partial charge in [-0.1, -0.05) is 50.2 Å². The number of benzene rings is 2. The number of ether oxygens (including phenoxy) is 1. The summed E-state index contributed by atoms with van der Waals surface area (Å²) in [5, 5.41) is 4.27. The quantitative estimate of drug-likeness (QED) is 0.505. The van der Waals surface area contributed by atoms with Crippen LogP contribution in [0, 0.1) is 5.92 Å². The maximum absolute atomic E-state index is 12.5. The molecule has 1 N–H and O–H groups in total. The molecular formula is C18H23ClNO4P. The van der Waals surface area contributed by atoms with Gasteiger partial charge < -0.3 is 9.26 Å². The molecule has 0 amide bonds. The van der Waals surface area contributed by atoms with Crippen molar-refractivity contribution in [2.75, 3.05) is 6.61 Å². The highest BCUT2D eigenvalue weighted by atomic mass is 35.7. The van der Waals surface area contributed by atoms with Crippen molar-refractivity contribution < 1.29 is 18.6 Å². The Morgan fingerprint density at radius 2 is 1.84 bits per heavy atom. The van der Waals surface area contributed by atoms with Crippen LogP contribution in [-0.4, -0.2) is 18.6 Å². The summed E-state index contributed by atoms with van der Waals surface area (Å²) in [5.74, 6) is 0.317. The molecule has 0 aliphatic rings. The van der Waals surface area contributed by atoms with Gasteiger partial charge in [0.25, 0.3) is 0 Å². The fourth-order valence-electron chi connectivity index (χ4n) is 2.23. The van der Waals surface area contributed by atoms with Gasteiger partial charge in [-0.15, -0.1) is 0 Å². The summed E-state index contributed by atoms with van der Waals surface area (Å²) in [6.07, 6.45) is 0.767. The number of hydrogen-bond acceptors (Lipinski definition) is 4. The van der Waals surface area contributed by atoms with Crippen molar-refractivity contribution in [3.8, 4) is 5.75 Å². The zero-order chi connectivity index (χ0) is 18.4. The van der Waals surface area contributed by atoms with Gasteiger partial charge in [-0.2, -0.15) is 0 Å². The lowest BCUT2D eigenvalue weighted by atomic mass is 10.1. The van der Waals surface area contributed by atoms with E-state index in [1.807, 2.05) is 44.2 Å². The second-order valence-electron chi connectivity index (χ2n) is 6.25. The average molecular weight is 384 g/mol. The third-order valence-electron chi connectivity index (χ3n) is 3.61. The molecule has 0 aliphatic heterocycles. The van der Waals surface area contributed by atoms with Gasteiger partial charge in [0.05, 0.1) is 6.61 Å². The van der Waals surface area contributed by atoms with Gasteiger partial charge >= 0.3 is 12.8 Å². The van der Waals surface area contributed by atoms with Crippen molar-refractivity contribution in [3.05, 3.63) is 42.5 Å². The molecule has 0 saturated heterocycles. The van der Waals surface area contributed by atoms with Gasteiger partial charge in [0, 0.05) is 16.6 Å². The van der Waals surface area contributed by atoms with E-state index in [0.717, 1.165) is 17.2 Å². The molecule has 0 aromatic heterocycles. The van der Waals surface area contributed by atoms with Crippen LogP contribution in [0.4, 0.5) is 0 Å². The van der Waals surface area contributed by atoms with Gasteiger partial charge in [0.15, 0.2) is 0 Å². The van der Waals surface area contributed by atoms with E-state index in [1.165, 1.54) is 0 Å². The number of fused-ring (bicyclic) bond motifs is 1. The standard InChI is InChI=1S/C18H23ClNO4P/c1-13(2)11-12-23-18(21)14(3)20-25(19,22)24-17-10-6-8-15-7-4-5-9-16(15)17/h4-10,13-14H,11-12H2,1-3H3,(H,20,22). The van der Waals surface area contributed by atoms with E-state index in [4.69, 9.17) is 20.5 Å². The highest BCUT2D eigenvalue weighted by Gasteiger charge is 2.28. The van der Waals surface area contributed by atoms with E-state index in [-0.39, 0.29) is 0 Å². The Hall–Kier alpha value is -1.55. The Bertz CT molecular complexity index is 775. The number of esters is 1. The van der Waals surface area contributed by atoms with Crippen LogP contribution in [0.1, 0.15) is 27.2 Å². The molecule has 0 bridgehead atoms. The maximum Gasteiger partial charge on any atom is 0.409 e. The SMILES string of the molecule is CC(C)CCOC(=O)C(C)NP(=O)(Cl)Oc1cccc2ccccc12. The van der Waals surface area contributed by atoms with Gasteiger partial charge in [-0.05, 0) is 30.7 Å². The Morgan fingerprint density at radius 3 is 2.56 bits per heavy atom. The Morgan fingerprint density at radius 1 is 1.16 bits per heavy atom. The zero-order valence-corrected chi connectivity index (χ0v) is 16.2. The minimum absolute atomic E-state index is 0.319. The molecule has 136 valence electrons. The molecule has 5 nitrogen and oxygen atoms in total. The van der Waals surface area contributed by atoms with Crippen molar-refractivity contribution >= 4 is 34.9 Å². The van der Waals surface area contributed by atoms with Gasteiger partial charge in [0.1, 0.15) is 11.8 Å². The van der Waals surface area contributed by atoms with Crippen molar-refractivity contribution in [1.29, 1.82) is 0 Å². The first kappa shape index (κ1) is 19.8. The summed E-state index contributed by atoms with van der Waals surface area (Å²) < 4.78 is 23.2. The molecule has 2 atom stereocenters. The van der Waals surface area contributed by atoms with Crippen LogP contribution in [-0.2, 0) is 14.1 Å². The summed E-state index contributed by atoms with van der Waals surface area (Å²) in [5.41, 5.74) is 0. The van der Waals surface area contributed by atoms with Crippen LogP contribution >= 0.6 is 18.1 Å². The molecule has 25 heavy (non-hydrogen) atoms. The summed E-state index contributed by atoms with van der Waals surface area (Å²) in [4.78, 5) is 11.9. The first-order valence-electron chi connectivity index (χ1n) is 8.20. The topological polar surface area (TPSA) is 64.6 Å². The van der Waals surface area contributed by atoms with E-state index in [9.17, 15) is 9.36 Å². The second kappa shape index (κ2) is 8.70. The predicted octanol–water partition coefficient (Wildman–Crippen LogP) is 5.13. The molecule has 0 aliphatic carbocycles. The lowest BCUT2D eigenvalue weighted by Crippen LogP contribution is -2.33. The normalized spacial score (nSPS) is 14.9.